The first kappa shape index (κ1) is 29.6. The first-order chi connectivity index (χ1) is 18.3. The lowest BCUT2D eigenvalue weighted by Crippen LogP contribution is -2.47. The fourth-order valence-corrected chi connectivity index (χ4v) is 4.77. The molecule has 3 amide bonds. The normalized spacial score (nSPS) is 14.4. The van der Waals surface area contributed by atoms with E-state index in [0.717, 1.165) is 76.5 Å². The van der Waals surface area contributed by atoms with Crippen LogP contribution in [0.1, 0.15) is 41.6 Å². The molecule has 10 nitrogen and oxygen atoms in total. The van der Waals surface area contributed by atoms with Crippen LogP contribution < -0.4 is 21.1 Å². The van der Waals surface area contributed by atoms with E-state index in [1.54, 1.807) is 0 Å². The number of rotatable bonds is 14. The SMILES string of the molecule is NC(=O)c1c(OCc2cc(F)c(F)cc2F)nsc1NC(=O)NCCCCCCN1CCN(CCO)CC1. The summed E-state index contributed by atoms with van der Waals surface area (Å²) in [6.07, 6.45) is 3.86. The van der Waals surface area contributed by atoms with Gasteiger partial charge in [0.25, 0.3) is 5.91 Å². The van der Waals surface area contributed by atoms with Gasteiger partial charge in [0.15, 0.2) is 11.6 Å². The molecular weight excluding hydrogens is 525 g/mol. The lowest BCUT2D eigenvalue weighted by atomic mass is 10.2. The van der Waals surface area contributed by atoms with E-state index in [0.29, 0.717) is 18.7 Å². The third-order valence-corrected chi connectivity index (χ3v) is 6.90. The molecule has 1 aromatic carbocycles. The van der Waals surface area contributed by atoms with Crippen LogP contribution in [-0.4, -0.2) is 83.6 Å². The van der Waals surface area contributed by atoms with E-state index in [9.17, 15) is 22.8 Å². The Morgan fingerprint density at radius 1 is 1.00 bits per heavy atom. The van der Waals surface area contributed by atoms with Crippen LogP contribution in [0, 0.1) is 17.5 Å². The van der Waals surface area contributed by atoms with Crippen molar-refractivity contribution in [3.05, 3.63) is 40.7 Å². The number of nitrogens with one attached hydrogen (secondary N) is 2. The topological polar surface area (TPSA) is 133 Å². The maximum Gasteiger partial charge on any atom is 0.319 e. The number of benzene rings is 1. The van der Waals surface area contributed by atoms with E-state index >= 15 is 0 Å². The molecule has 38 heavy (non-hydrogen) atoms. The van der Waals surface area contributed by atoms with Gasteiger partial charge in [0.2, 0.25) is 5.88 Å². The van der Waals surface area contributed by atoms with Crippen molar-refractivity contribution in [1.29, 1.82) is 0 Å². The van der Waals surface area contributed by atoms with Crippen molar-refractivity contribution in [3.8, 4) is 5.88 Å². The number of ether oxygens (including phenoxy) is 1. The average Bonchev–Trinajstić information content (AvgIpc) is 3.28. The number of piperazine rings is 1. The second-order valence-electron chi connectivity index (χ2n) is 8.90. The highest BCUT2D eigenvalue weighted by Crippen LogP contribution is 2.31. The molecule has 3 rings (SSSR count). The number of nitrogens with zero attached hydrogens (tertiary/aromatic N) is 3. The zero-order valence-corrected chi connectivity index (χ0v) is 21.8. The molecule has 2 aromatic rings. The van der Waals surface area contributed by atoms with E-state index in [-0.39, 0.29) is 28.6 Å². The van der Waals surface area contributed by atoms with E-state index in [1.165, 1.54) is 0 Å². The molecule has 0 bridgehead atoms. The molecule has 0 saturated carbocycles. The molecule has 1 fully saturated rings. The maximum atomic E-state index is 13.8. The minimum atomic E-state index is -1.33. The van der Waals surface area contributed by atoms with Crippen LogP contribution in [0.2, 0.25) is 0 Å². The highest BCUT2D eigenvalue weighted by molar-refractivity contribution is 7.11. The number of aliphatic hydroxyl groups is 1. The Hall–Kier alpha value is -2.94. The van der Waals surface area contributed by atoms with E-state index in [4.69, 9.17) is 15.6 Å². The molecule has 5 N–H and O–H groups in total. The number of hydrogen-bond donors (Lipinski definition) is 4. The standard InChI is InChI=1S/C24H33F3N6O4S/c25-17-14-19(27)18(26)13-16(17)15-37-22-20(21(28)35)23(38-31-22)30-24(36)29-5-3-1-2-4-6-32-7-9-33(10-8-32)11-12-34/h13-14,34H,1-12,15H2,(H2,28,35)(H2,29,30,36). The predicted molar refractivity (Wildman–Crippen MR) is 137 cm³/mol. The van der Waals surface area contributed by atoms with Gasteiger partial charge in [-0.25, -0.2) is 18.0 Å². The van der Waals surface area contributed by atoms with Gasteiger partial charge in [-0.05, 0) is 37.0 Å². The number of urea groups is 1. The van der Waals surface area contributed by atoms with Crippen molar-refractivity contribution in [2.45, 2.75) is 32.3 Å². The Balaban J connectivity index is 1.36. The third-order valence-electron chi connectivity index (χ3n) is 6.16. The molecule has 1 aliphatic rings. The number of hydrogen-bond acceptors (Lipinski definition) is 8. The predicted octanol–water partition coefficient (Wildman–Crippen LogP) is 2.53. The van der Waals surface area contributed by atoms with Crippen LogP contribution in [0.3, 0.4) is 0 Å². The van der Waals surface area contributed by atoms with Gasteiger partial charge in [0, 0.05) is 50.9 Å². The highest BCUT2D eigenvalue weighted by atomic mass is 32.1. The summed E-state index contributed by atoms with van der Waals surface area (Å²) in [5, 5.41) is 14.3. The summed E-state index contributed by atoms with van der Waals surface area (Å²) in [5.74, 6) is -4.78. The summed E-state index contributed by atoms with van der Waals surface area (Å²) >= 11 is 0.749. The van der Waals surface area contributed by atoms with Crippen LogP contribution >= 0.6 is 11.5 Å². The fraction of sp³-hybridized carbons (Fsp3) is 0.542. The molecular formula is C24H33F3N6O4S. The number of halogens is 3. The average molecular weight is 559 g/mol. The van der Waals surface area contributed by atoms with Gasteiger partial charge < -0.3 is 25.8 Å². The lowest BCUT2D eigenvalue weighted by molar-refractivity contribution is 0.0996. The van der Waals surface area contributed by atoms with Gasteiger partial charge >= 0.3 is 6.03 Å². The molecule has 1 aliphatic heterocycles. The number of β-amino-alcohol motifs (C(OH)–C–C–N with tert-alkyl or cyclic N) is 1. The van der Waals surface area contributed by atoms with Crippen molar-refractivity contribution in [2.24, 2.45) is 5.73 Å². The Morgan fingerprint density at radius 2 is 1.66 bits per heavy atom. The number of primary amides is 1. The van der Waals surface area contributed by atoms with E-state index in [2.05, 4.69) is 24.8 Å². The minimum Gasteiger partial charge on any atom is -0.471 e. The number of carbonyl (C=O) groups excluding carboxylic acids is 2. The van der Waals surface area contributed by atoms with Crippen LogP contribution in [0.5, 0.6) is 5.88 Å². The van der Waals surface area contributed by atoms with Crippen molar-refractivity contribution >= 4 is 28.5 Å². The summed E-state index contributed by atoms with van der Waals surface area (Å²) < 4.78 is 49.6. The monoisotopic (exact) mass is 558 g/mol. The van der Waals surface area contributed by atoms with Crippen molar-refractivity contribution < 1.29 is 32.6 Å². The molecule has 0 unspecified atom stereocenters. The quantitative estimate of drug-likeness (QED) is 0.207. The van der Waals surface area contributed by atoms with Crippen molar-refractivity contribution in [2.75, 3.05) is 57.7 Å². The Kier molecular flexibility index (Phi) is 11.6. The Morgan fingerprint density at radius 3 is 2.34 bits per heavy atom. The number of aliphatic hydroxyl groups excluding tert-OH is 1. The second kappa shape index (κ2) is 14.9. The van der Waals surface area contributed by atoms with E-state index in [1.807, 2.05) is 0 Å². The van der Waals surface area contributed by atoms with Crippen LogP contribution in [0.15, 0.2) is 12.1 Å². The van der Waals surface area contributed by atoms with Crippen LogP contribution in [-0.2, 0) is 6.61 Å². The zero-order chi connectivity index (χ0) is 27.5. The van der Waals surface area contributed by atoms with Crippen LogP contribution in [0.4, 0.5) is 23.0 Å². The molecule has 14 heteroatoms. The number of aromatic nitrogens is 1. The van der Waals surface area contributed by atoms with Gasteiger partial charge in [-0.1, -0.05) is 12.8 Å². The second-order valence-corrected chi connectivity index (χ2v) is 9.68. The van der Waals surface area contributed by atoms with Gasteiger partial charge in [-0.2, -0.15) is 4.37 Å². The number of amides is 3. The van der Waals surface area contributed by atoms with Gasteiger partial charge in [0.1, 0.15) is 23.0 Å². The number of carbonyl (C=O) groups is 2. The summed E-state index contributed by atoms with van der Waals surface area (Å²) in [6, 6.07) is 0.494. The van der Waals surface area contributed by atoms with Crippen molar-refractivity contribution in [1.82, 2.24) is 19.5 Å². The molecule has 2 heterocycles. The summed E-state index contributed by atoms with van der Waals surface area (Å²) in [7, 11) is 0. The number of nitrogens with two attached hydrogens (primary N) is 1. The number of anilines is 1. The Labute approximate surface area is 223 Å². The summed E-state index contributed by atoms with van der Waals surface area (Å²) in [6.45, 7) is 5.87. The van der Waals surface area contributed by atoms with Crippen molar-refractivity contribution in [3.63, 3.8) is 0 Å². The maximum absolute atomic E-state index is 13.8. The molecule has 0 spiro atoms. The molecule has 0 aliphatic carbocycles. The smallest absolute Gasteiger partial charge is 0.319 e. The third kappa shape index (κ3) is 8.82. The molecule has 1 aromatic heterocycles. The van der Waals surface area contributed by atoms with Gasteiger partial charge in [0.05, 0.1) is 6.61 Å². The molecule has 210 valence electrons. The first-order valence-electron chi connectivity index (χ1n) is 12.4. The van der Waals surface area contributed by atoms with E-state index < -0.39 is 36.0 Å². The number of unbranched alkanes of at least 4 members (excludes halogenated alkanes) is 3. The minimum absolute atomic E-state index is 0.0508. The van der Waals surface area contributed by atoms with Gasteiger partial charge in [-0.3, -0.25) is 15.0 Å². The van der Waals surface area contributed by atoms with Gasteiger partial charge in [-0.15, -0.1) is 0 Å². The Bertz CT molecular complexity index is 1080. The fourth-order valence-electron chi connectivity index (χ4n) is 4.04. The highest BCUT2D eigenvalue weighted by Gasteiger charge is 2.23. The molecule has 1 saturated heterocycles. The summed E-state index contributed by atoms with van der Waals surface area (Å²) in [5.41, 5.74) is 4.92. The van der Waals surface area contributed by atoms with Crippen LogP contribution in [0.25, 0.3) is 0 Å². The zero-order valence-electron chi connectivity index (χ0n) is 21.0. The molecule has 0 atom stereocenters. The lowest BCUT2D eigenvalue weighted by Gasteiger charge is -2.34. The first-order valence-corrected chi connectivity index (χ1v) is 13.2. The molecule has 0 radical (unpaired) electrons. The largest absolute Gasteiger partial charge is 0.471 e. The summed E-state index contributed by atoms with van der Waals surface area (Å²) in [4.78, 5) is 28.9.